The summed E-state index contributed by atoms with van der Waals surface area (Å²) in [6, 6.07) is 4.00. The fourth-order valence-corrected chi connectivity index (χ4v) is 2.76. The lowest BCUT2D eigenvalue weighted by atomic mass is 10.1. The van der Waals surface area contributed by atoms with E-state index in [0.29, 0.717) is 11.0 Å². The van der Waals surface area contributed by atoms with Crippen LogP contribution in [0.2, 0.25) is 5.15 Å². The lowest BCUT2D eigenvalue weighted by Crippen LogP contribution is -1.98. The topological polar surface area (TPSA) is 38.7 Å². The van der Waals surface area contributed by atoms with Crippen LogP contribution in [-0.4, -0.2) is 15.0 Å². The molecule has 1 aliphatic carbocycles. The van der Waals surface area contributed by atoms with Crippen LogP contribution in [0.15, 0.2) is 12.1 Å². The first-order valence-corrected chi connectivity index (χ1v) is 6.52. The third-order valence-corrected chi connectivity index (χ3v) is 3.53. The van der Waals surface area contributed by atoms with Crippen LogP contribution in [0.1, 0.15) is 29.1 Å². The van der Waals surface area contributed by atoms with Crippen molar-refractivity contribution in [1.29, 1.82) is 0 Å². The summed E-state index contributed by atoms with van der Waals surface area (Å²) < 4.78 is 0. The summed E-state index contributed by atoms with van der Waals surface area (Å²) in [6.07, 6.45) is 3.14. The smallest absolute Gasteiger partial charge is 0.161 e. The fraction of sp³-hybridized carbons (Fsp3) is 0.357. The van der Waals surface area contributed by atoms with Crippen molar-refractivity contribution in [3.63, 3.8) is 0 Å². The van der Waals surface area contributed by atoms with Crippen molar-refractivity contribution >= 4 is 11.6 Å². The Morgan fingerprint density at radius 3 is 2.44 bits per heavy atom. The highest BCUT2D eigenvalue weighted by Crippen LogP contribution is 2.29. The van der Waals surface area contributed by atoms with Crippen molar-refractivity contribution in [2.24, 2.45) is 0 Å². The molecule has 0 saturated carbocycles. The Hall–Kier alpha value is -1.48. The van der Waals surface area contributed by atoms with Gasteiger partial charge in [-0.3, -0.25) is 4.98 Å². The molecule has 0 fully saturated rings. The molecule has 2 aromatic heterocycles. The monoisotopic (exact) mass is 259 g/mol. The Bertz CT molecular complexity index is 602. The quantitative estimate of drug-likeness (QED) is 0.738. The second-order valence-electron chi connectivity index (χ2n) is 4.76. The molecule has 0 saturated heterocycles. The summed E-state index contributed by atoms with van der Waals surface area (Å²) in [5.41, 5.74) is 5.19. The number of aryl methyl sites for hydroxylation is 3. The molecular formula is C14H14ClN3. The van der Waals surface area contributed by atoms with Crippen LogP contribution in [-0.2, 0) is 12.8 Å². The number of hydrogen-bond donors (Lipinski definition) is 0. The van der Waals surface area contributed by atoms with E-state index in [9.17, 15) is 0 Å². The summed E-state index contributed by atoms with van der Waals surface area (Å²) in [4.78, 5) is 13.4. The van der Waals surface area contributed by atoms with Crippen molar-refractivity contribution in [2.45, 2.75) is 33.1 Å². The molecule has 18 heavy (non-hydrogen) atoms. The Kier molecular flexibility index (Phi) is 2.78. The van der Waals surface area contributed by atoms with Crippen LogP contribution < -0.4 is 0 Å². The van der Waals surface area contributed by atoms with E-state index in [1.165, 1.54) is 0 Å². The first-order chi connectivity index (χ1) is 8.63. The zero-order chi connectivity index (χ0) is 12.7. The Balaban J connectivity index is 2.15. The molecular weight excluding hydrogens is 246 g/mol. The van der Waals surface area contributed by atoms with Gasteiger partial charge in [-0.05, 0) is 45.2 Å². The normalized spacial score (nSPS) is 13.7. The summed E-state index contributed by atoms with van der Waals surface area (Å²) in [6.45, 7) is 3.96. The molecule has 0 bridgehead atoms. The van der Waals surface area contributed by atoms with Gasteiger partial charge in [0.15, 0.2) is 5.82 Å². The average molecular weight is 260 g/mol. The van der Waals surface area contributed by atoms with Crippen LogP contribution >= 0.6 is 11.6 Å². The van der Waals surface area contributed by atoms with E-state index in [4.69, 9.17) is 11.6 Å². The maximum Gasteiger partial charge on any atom is 0.161 e. The predicted molar refractivity (Wildman–Crippen MR) is 71.8 cm³/mol. The second-order valence-corrected chi connectivity index (χ2v) is 5.11. The molecule has 0 radical (unpaired) electrons. The van der Waals surface area contributed by atoms with Gasteiger partial charge >= 0.3 is 0 Å². The van der Waals surface area contributed by atoms with Crippen molar-refractivity contribution in [1.82, 2.24) is 15.0 Å². The number of halogens is 1. The van der Waals surface area contributed by atoms with Gasteiger partial charge in [0.05, 0.1) is 0 Å². The van der Waals surface area contributed by atoms with Crippen molar-refractivity contribution in [2.75, 3.05) is 0 Å². The molecule has 0 aliphatic heterocycles. The Morgan fingerprint density at radius 2 is 1.72 bits per heavy atom. The summed E-state index contributed by atoms with van der Waals surface area (Å²) >= 11 is 6.24. The van der Waals surface area contributed by atoms with Gasteiger partial charge in [-0.15, -0.1) is 0 Å². The highest BCUT2D eigenvalue weighted by molar-refractivity contribution is 6.30. The van der Waals surface area contributed by atoms with Gasteiger partial charge in [-0.2, -0.15) is 0 Å². The molecule has 1 aliphatic rings. The number of rotatable bonds is 1. The molecule has 0 aromatic carbocycles. The summed E-state index contributed by atoms with van der Waals surface area (Å²) in [5, 5.41) is 0.611. The molecule has 3 rings (SSSR count). The lowest BCUT2D eigenvalue weighted by Gasteiger charge is -2.07. The highest BCUT2D eigenvalue weighted by Gasteiger charge is 2.18. The molecule has 4 heteroatoms. The third kappa shape index (κ3) is 1.99. The first-order valence-electron chi connectivity index (χ1n) is 6.14. The minimum atomic E-state index is 0.611. The number of pyridine rings is 1. The molecule has 92 valence electrons. The van der Waals surface area contributed by atoms with E-state index < -0.39 is 0 Å². The van der Waals surface area contributed by atoms with Crippen LogP contribution in [0.4, 0.5) is 0 Å². The lowest BCUT2D eigenvalue weighted by molar-refractivity contribution is 0.900. The highest BCUT2D eigenvalue weighted by atomic mass is 35.5. The van der Waals surface area contributed by atoms with E-state index >= 15 is 0 Å². The van der Waals surface area contributed by atoms with Crippen molar-refractivity contribution in [3.05, 3.63) is 39.9 Å². The Labute approximate surface area is 111 Å². The third-order valence-electron chi connectivity index (χ3n) is 3.22. The number of fused-ring (bicyclic) bond motifs is 1. The van der Waals surface area contributed by atoms with Gasteiger partial charge < -0.3 is 0 Å². The average Bonchev–Trinajstić information content (AvgIpc) is 2.76. The molecule has 0 N–H and O–H groups in total. The SMILES string of the molecule is Cc1cc(-c2nc(Cl)c3c(n2)CCC3)cc(C)n1. The standard InChI is InChI=1S/C14H14ClN3/c1-8-6-10(7-9(2)16-8)14-17-12-5-3-4-11(12)13(15)18-14/h6-7H,3-5H2,1-2H3. The van der Waals surface area contributed by atoms with Gasteiger partial charge in [0.1, 0.15) is 5.15 Å². The maximum atomic E-state index is 6.24. The van der Waals surface area contributed by atoms with Gasteiger partial charge in [0, 0.05) is 28.2 Å². The molecule has 0 amide bonds. The second kappa shape index (κ2) is 4.32. The van der Waals surface area contributed by atoms with E-state index in [0.717, 1.165) is 47.5 Å². The molecule has 2 heterocycles. The van der Waals surface area contributed by atoms with Crippen LogP contribution in [0, 0.1) is 13.8 Å². The molecule has 3 nitrogen and oxygen atoms in total. The predicted octanol–water partition coefficient (Wildman–Crippen LogP) is 3.30. The Morgan fingerprint density at radius 1 is 1.00 bits per heavy atom. The fourth-order valence-electron chi connectivity index (χ4n) is 2.48. The minimum absolute atomic E-state index is 0.611. The van der Waals surface area contributed by atoms with Crippen molar-refractivity contribution in [3.8, 4) is 11.4 Å². The van der Waals surface area contributed by atoms with Crippen LogP contribution in [0.25, 0.3) is 11.4 Å². The van der Waals surface area contributed by atoms with Gasteiger partial charge in [-0.1, -0.05) is 11.6 Å². The number of hydrogen-bond acceptors (Lipinski definition) is 3. The maximum absolute atomic E-state index is 6.24. The summed E-state index contributed by atoms with van der Waals surface area (Å²) in [5.74, 6) is 0.717. The number of aromatic nitrogens is 3. The zero-order valence-corrected chi connectivity index (χ0v) is 11.3. The van der Waals surface area contributed by atoms with E-state index in [1.54, 1.807) is 0 Å². The summed E-state index contributed by atoms with van der Waals surface area (Å²) in [7, 11) is 0. The van der Waals surface area contributed by atoms with E-state index in [1.807, 2.05) is 26.0 Å². The van der Waals surface area contributed by atoms with Gasteiger partial charge in [-0.25, -0.2) is 9.97 Å². The molecule has 2 aromatic rings. The zero-order valence-electron chi connectivity index (χ0n) is 10.5. The van der Waals surface area contributed by atoms with Gasteiger partial charge in [0.2, 0.25) is 0 Å². The van der Waals surface area contributed by atoms with Gasteiger partial charge in [0.25, 0.3) is 0 Å². The largest absolute Gasteiger partial charge is 0.258 e. The van der Waals surface area contributed by atoms with Crippen molar-refractivity contribution < 1.29 is 0 Å². The van der Waals surface area contributed by atoms with Crippen LogP contribution in [0.5, 0.6) is 0 Å². The molecule has 0 unspecified atom stereocenters. The molecule has 0 atom stereocenters. The van der Waals surface area contributed by atoms with E-state index in [2.05, 4.69) is 15.0 Å². The minimum Gasteiger partial charge on any atom is -0.258 e. The molecule has 0 spiro atoms. The van der Waals surface area contributed by atoms with E-state index in [-0.39, 0.29) is 0 Å². The van der Waals surface area contributed by atoms with Crippen LogP contribution in [0.3, 0.4) is 0 Å². The first kappa shape index (κ1) is 11.6. The number of nitrogens with zero attached hydrogens (tertiary/aromatic N) is 3.